The van der Waals surface area contributed by atoms with Gasteiger partial charge in [0.05, 0.1) is 17.8 Å². The van der Waals surface area contributed by atoms with Crippen LogP contribution < -0.4 is 16.4 Å². The fourth-order valence-corrected chi connectivity index (χ4v) is 3.55. The molecule has 0 saturated carbocycles. The van der Waals surface area contributed by atoms with Crippen LogP contribution in [-0.4, -0.2) is 35.7 Å². The summed E-state index contributed by atoms with van der Waals surface area (Å²) in [6, 6.07) is 14.3. The van der Waals surface area contributed by atoms with Crippen molar-refractivity contribution in [1.82, 2.24) is 5.32 Å². The van der Waals surface area contributed by atoms with Gasteiger partial charge in [-0.1, -0.05) is 24.3 Å². The second-order valence-corrected chi connectivity index (χ2v) is 8.52. The number of aliphatic imine (C=N–C) groups is 1. The summed E-state index contributed by atoms with van der Waals surface area (Å²) in [5.41, 5.74) is 10.1. The van der Waals surface area contributed by atoms with Gasteiger partial charge in [-0.25, -0.2) is 0 Å². The number of amides is 1. The van der Waals surface area contributed by atoms with Gasteiger partial charge in [-0.15, -0.1) is 0 Å². The van der Waals surface area contributed by atoms with Gasteiger partial charge in [0, 0.05) is 17.8 Å². The second-order valence-electron chi connectivity index (χ2n) is 8.52. The average Bonchev–Trinajstić information content (AvgIpc) is 2.73. The van der Waals surface area contributed by atoms with Gasteiger partial charge >= 0.3 is 0 Å². The van der Waals surface area contributed by atoms with Gasteiger partial charge in [-0.05, 0) is 68.9 Å². The highest BCUT2D eigenvalue weighted by Crippen LogP contribution is 2.26. The summed E-state index contributed by atoms with van der Waals surface area (Å²) in [7, 11) is 0. The second kappa shape index (κ2) is 10.4. The van der Waals surface area contributed by atoms with Crippen LogP contribution in [0.1, 0.15) is 43.4 Å². The smallest absolute Gasteiger partial charge is 0.287 e. The van der Waals surface area contributed by atoms with Gasteiger partial charge in [0.1, 0.15) is 6.61 Å². The summed E-state index contributed by atoms with van der Waals surface area (Å²) < 4.78 is 5.14. The molecular formula is C24H32N4O3. The molecule has 0 spiro atoms. The van der Waals surface area contributed by atoms with Crippen molar-refractivity contribution in [3.63, 3.8) is 0 Å². The van der Waals surface area contributed by atoms with Gasteiger partial charge in [-0.3, -0.25) is 4.79 Å². The Morgan fingerprint density at radius 3 is 2.45 bits per heavy atom. The number of carbonyl (C=O) groups excluding carboxylic acids is 1. The van der Waals surface area contributed by atoms with E-state index in [4.69, 9.17) is 10.5 Å². The molecule has 7 nitrogen and oxygen atoms in total. The Morgan fingerprint density at radius 2 is 1.81 bits per heavy atom. The Kier molecular flexibility index (Phi) is 7.65. The third-order valence-electron chi connectivity index (χ3n) is 5.07. The Labute approximate surface area is 183 Å². The van der Waals surface area contributed by atoms with Gasteiger partial charge in [0.25, 0.3) is 6.02 Å². The van der Waals surface area contributed by atoms with E-state index in [9.17, 15) is 9.90 Å². The molecule has 166 valence electrons. The molecule has 2 aliphatic rings. The first-order chi connectivity index (χ1) is 14.8. The number of hydrogen-bond donors (Lipinski definition) is 4. The highest BCUT2D eigenvalue weighted by Gasteiger charge is 2.14. The minimum Gasteiger partial charge on any atom is -0.460 e. The zero-order valence-electron chi connectivity index (χ0n) is 18.3. The molecule has 5 N–H and O–H groups in total. The maximum absolute atomic E-state index is 11.8. The maximum Gasteiger partial charge on any atom is 0.287 e. The summed E-state index contributed by atoms with van der Waals surface area (Å²) in [6.45, 7) is 4.15. The molecule has 0 atom stereocenters. The summed E-state index contributed by atoms with van der Waals surface area (Å²) in [6.07, 6.45) is 5.38. The van der Waals surface area contributed by atoms with Crippen LogP contribution in [0.2, 0.25) is 0 Å². The SMILES string of the molecule is CC(C)(O)CNCC(=O)Nc1ccc2c(c1)COC(N)=N2.c1ccc2c(c1)CCCC2. The number of carbonyl (C=O) groups is 1. The highest BCUT2D eigenvalue weighted by molar-refractivity contribution is 5.92. The third-order valence-corrected chi connectivity index (χ3v) is 5.07. The molecule has 0 aromatic heterocycles. The molecule has 1 aliphatic carbocycles. The molecule has 0 fully saturated rings. The lowest BCUT2D eigenvalue weighted by molar-refractivity contribution is -0.115. The maximum atomic E-state index is 11.8. The van der Waals surface area contributed by atoms with Crippen molar-refractivity contribution in [3.8, 4) is 0 Å². The summed E-state index contributed by atoms with van der Waals surface area (Å²) in [4.78, 5) is 15.8. The minimum atomic E-state index is -0.846. The number of anilines is 1. The molecule has 1 aliphatic heterocycles. The number of aliphatic hydroxyl groups is 1. The lowest BCUT2D eigenvalue weighted by Gasteiger charge is -2.18. The highest BCUT2D eigenvalue weighted by atomic mass is 16.5. The molecule has 0 unspecified atom stereocenters. The number of ether oxygens (including phenoxy) is 1. The van der Waals surface area contributed by atoms with Crippen LogP contribution in [0.5, 0.6) is 0 Å². The zero-order valence-corrected chi connectivity index (χ0v) is 18.3. The molecule has 0 saturated heterocycles. The Hall–Kier alpha value is -2.90. The summed E-state index contributed by atoms with van der Waals surface area (Å²) in [5, 5.41) is 15.2. The van der Waals surface area contributed by atoms with E-state index >= 15 is 0 Å². The number of aryl methyl sites for hydroxylation is 2. The van der Waals surface area contributed by atoms with E-state index in [0.717, 1.165) is 11.3 Å². The van der Waals surface area contributed by atoms with Gasteiger partial charge in [-0.2, -0.15) is 4.99 Å². The van der Waals surface area contributed by atoms with Crippen molar-refractivity contribution >= 4 is 23.3 Å². The lowest BCUT2D eigenvalue weighted by Crippen LogP contribution is -2.38. The van der Waals surface area contributed by atoms with E-state index in [2.05, 4.69) is 39.9 Å². The van der Waals surface area contributed by atoms with Gasteiger partial charge in [0.2, 0.25) is 5.91 Å². The number of nitrogens with two attached hydrogens (primary N) is 1. The number of benzene rings is 2. The number of nitrogens with zero attached hydrogens (tertiary/aromatic N) is 1. The van der Waals surface area contributed by atoms with Crippen LogP contribution in [0.15, 0.2) is 47.5 Å². The van der Waals surface area contributed by atoms with Crippen molar-refractivity contribution in [2.24, 2.45) is 10.7 Å². The first kappa shape index (κ1) is 22.8. The van der Waals surface area contributed by atoms with Crippen LogP contribution in [0.3, 0.4) is 0 Å². The molecule has 2 aromatic carbocycles. The number of fused-ring (bicyclic) bond motifs is 2. The number of nitrogens with one attached hydrogen (secondary N) is 2. The lowest BCUT2D eigenvalue weighted by atomic mass is 9.92. The van der Waals surface area contributed by atoms with E-state index in [1.807, 2.05) is 0 Å². The molecule has 4 rings (SSSR count). The van der Waals surface area contributed by atoms with Crippen LogP contribution in [0, 0.1) is 0 Å². The van der Waals surface area contributed by atoms with Crippen LogP contribution in [0.4, 0.5) is 11.4 Å². The predicted octanol–water partition coefficient (Wildman–Crippen LogP) is 3.03. The molecule has 0 bridgehead atoms. The Balaban J connectivity index is 0.000000225. The Morgan fingerprint density at radius 1 is 1.13 bits per heavy atom. The molecule has 31 heavy (non-hydrogen) atoms. The molecule has 1 heterocycles. The minimum absolute atomic E-state index is 0.128. The van der Waals surface area contributed by atoms with Crippen LogP contribution in [-0.2, 0) is 29.0 Å². The number of rotatable bonds is 5. The van der Waals surface area contributed by atoms with Crippen molar-refractivity contribution in [2.45, 2.75) is 51.7 Å². The molecule has 2 aromatic rings. The normalized spacial score (nSPS) is 14.7. The topological polar surface area (TPSA) is 109 Å². The van der Waals surface area contributed by atoms with E-state index < -0.39 is 5.60 Å². The van der Waals surface area contributed by atoms with Gasteiger partial charge < -0.3 is 26.2 Å². The average molecular weight is 425 g/mol. The molecular weight excluding hydrogens is 392 g/mol. The van der Waals surface area contributed by atoms with E-state index in [1.165, 1.54) is 25.7 Å². The van der Waals surface area contributed by atoms with Crippen molar-refractivity contribution < 1.29 is 14.6 Å². The predicted molar refractivity (Wildman–Crippen MR) is 123 cm³/mol. The van der Waals surface area contributed by atoms with Gasteiger partial charge in [0.15, 0.2) is 0 Å². The number of hydrogen-bond acceptors (Lipinski definition) is 6. The summed E-state index contributed by atoms with van der Waals surface area (Å²) in [5.74, 6) is -0.182. The van der Waals surface area contributed by atoms with E-state index in [1.54, 1.807) is 43.2 Å². The standard InChI is InChI=1S/C14H20N4O3.C10H12/c1-14(2,20)8-16-6-12(19)17-10-3-4-11-9(5-10)7-21-13(15)18-11;1-2-6-10-8-4-3-7-9(10)5-1/h3-5,16,20H,6-8H2,1-2H3,(H2,15,18)(H,17,19);1-2,5-6H,3-4,7-8H2. The number of amidine groups is 1. The molecule has 1 amide bonds. The fraction of sp³-hybridized carbons (Fsp3) is 0.417. The zero-order chi connectivity index (χ0) is 22.3. The largest absolute Gasteiger partial charge is 0.460 e. The van der Waals surface area contributed by atoms with Crippen molar-refractivity contribution in [3.05, 3.63) is 59.2 Å². The monoisotopic (exact) mass is 424 g/mol. The van der Waals surface area contributed by atoms with Crippen LogP contribution >= 0.6 is 0 Å². The third kappa shape index (κ3) is 7.38. The molecule has 7 heteroatoms. The van der Waals surface area contributed by atoms with Crippen LogP contribution in [0.25, 0.3) is 0 Å². The first-order valence-electron chi connectivity index (χ1n) is 10.7. The summed E-state index contributed by atoms with van der Waals surface area (Å²) >= 11 is 0. The van der Waals surface area contributed by atoms with E-state index in [0.29, 0.717) is 18.8 Å². The fourth-order valence-electron chi connectivity index (χ4n) is 3.55. The van der Waals surface area contributed by atoms with Crippen molar-refractivity contribution in [2.75, 3.05) is 18.4 Å². The quantitative estimate of drug-likeness (QED) is 0.590. The van der Waals surface area contributed by atoms with E-state index in [-0.39, 0.29) is 18.5 Å². The molecule has 0 radical (unpaired) electrons. The van der Waals surface area contributed by atoms with Crippen molar-refractivity contribution in [1.29, 1.82) is 0 Å². The first-order valence-corrected chi connectivity index (χ1v) is 10.7. The Bertz CT molecular complexity index is 910.